The maximum Gasteiger partial charge on any atom is 0.150 e. The second-order valence-electron chi connectivity index (χ2n) is 5.52. The van der Waals surface area contributed by atoms with Crippen molar-refractivity contribution in [2.24, 2.45) is 5.92 Å². The van der Waals surface area contributed by atoms with E-state index < -0.39 is 9.84 Å². The van der Waals surface area contributed by atoms with Crippen LogP contribution in [0.3, 0.4) is 0 Å². The Bertz CT molecular complexity index is 308. The Labute approximate surface area is 113 Å². The van der Waals surface area contributed by atoms with Crippen LogP contribution in [0.5, 0.6) is 0 Å². The molecule has 1 atom stereocenters. The van der Waals surface area contributed by atoms with E-state index in [1.807, 2.05) is 0 Å². The van der Waals surface area contributed by atoms with Crippen molar-refractivity contribution in [1.29, 1.82) is 0 Å². The van der Waals surface area contributed by atoms with E-state index in [1.54, 1.807) is 6.92 Å². The average molecular weight is 275 g/mol. The third-order valence-corrected chi connectivity index (χ3v) is 5.82. The van der Waals surface area contributed by atoms with Crippen LogP contribution in [0.2, 0.25) is 0 Å². The van der Waals surface area contributed by atoms with Gasteiger partial charge in [0, 0.05) is 11.8 Å². The zero-order valence-electron chi connectivity index (χ0n) is 12.0. The van der Waals surface area contributed by atoms with E-state index in [9.17, 15) is 8.42 Å². The van der Waals surface area contributed by atoms with Gasteiger partial charge in [0.25, 0.3) is 0 Å². The first-order chi connectivity index (χ1) is 8.57. The van der Waals surface area contributed by atoms with E-state index in [0.717, 1.165) is 25.3 Å². The molecule has 0 aromatic carbocycles. The Morgan fingerprint density at radius 3 is 2.44 bits per heavy atom. The molecular weight excluding hydrogens is 246 g/mol. The summed E-state index contributed by atoms with van der Waals surface area (Å²) in [7, 11) is -2.79. The molecule has 0 spiro atoms. The molecule has 4 heteroatoms. The SMILES string of the molecule is CCNC(CCCS(=O)(=O)CC)CC1CCCC1. The highest BCUT2D eigenvalue weighted by atomic mass is 32.2. The molecular formula is C14H29NO2S. The van der Waals surface area contributed by atoms with E-state index in [4.69, 9.17) is 0 Å². The second-order valence-corrected chi connectivity index (χ2v) is 7.99. The molecule has 3 nitrogen and oxygen atoms in total. The van der Waals surface area contributed by atoms with Crippen molar-refractivity contribution >= 4 is 9.84 Å². The predicted molar refractivity (Wildman–Crippen MR) is 77.6 cm³/mol. The lowest BCUT2D eigenvalue weighted by atomic mass is 9.96. The summed E-state index contributed by atoms with van der Waals surface area (Å²) in [5.41, 5.74) is 0. The summed E-state index contributed by atoms with van der Waals surface area (Å²) in [5, 5.41) is 3.52. The molecule has 0 amide bonds. The highest BCUT2D eigenvalue weighted by Gasteiger charge is 2.20. The first kappa shape index (κ1) is 16.0. The van der Waals surface area contributed by atoms with Crippen LogP contribution < -0.4 is 5.32 Å². The Kier molecular flexibility index (Phi) is 7.23. The molecule has 0 saturated heterocycles. The summed E-state index contributed by atoms with van der Waals surface area (Å²) in [6.45, 7) is 4.85. The molecule has 1 unspecified atom stereocenters. The van der Waals surface area contributed by atoms with Crippen molar-refractivity contribution in [1.82, 2.24) is 5.32 Å². The second kappa shape index (κ2) is 8.16. The molecule has 108 valence electrons. The van der Waals surface area contributed by atoms with Gasteiger partial charge >= 0.3 is 0 Å². The summed E-state index contributed by atoms with van der Waals surface area (Å²) in [6, 6.07) is 0.519. The maximum atomic E-state index is 11.5. The van der Waals surface area contributed by atoms with Crippen molar-refractivity contribution in [3.8, 4) is 0 Å². The van der Waals surface area contributed by atoms with Crippen LogP contribution in [-0.4, -0.2) is 32.5 Å². The van der Waals surface area contributed by atoms with Gasteiger partial charge in [-0.2, -0.15) is 0 Å². The van der Waals surface area contributed by atoms with Gasteiger partial charge in [-0.1, -0.05) is 39.5 Å². The zero-order chi connectivity index (χ0) is 13.4. The Balaban J connectivity index is 2.28. The summed E-state index contributed by atoms with van der Waals surface area (Å²) in [4.78, 5) is 0. The van der Waals surface area contributed by atoms with E-state index in [-0.39, 0.29) is 5.75 Å². The van der Waals surface area contributed by atoms with Crippen molar-refractivity contribution in [2.75, 3.05) is 18.1 Å². The topological polar surface area (TPSA) is 46.2 Å². The summed E-state index contributed by atoms with van der Waals surface area (Å²) in [6.07, 6.45) is 8.55. The first-order valence-corrected chi connectivity index (χ1v) is 9.33. The Hall–Kier alpha value is -0.0900. The van der Waals surface area contributed by atoms with E-state index in [1.165, 1.54) is 32.1 Å². The largest absolute Gasteiger partial charge is 0.314 e. The van der Waals surface area contributed by atoms with Gasteiger partial charge in [0.2, 0.25) is 0 Å². The minimum atomic E-state index is -2.79. The molecule has 0 aromatic heterocycles. The zero-order valence-corrected chi connectivity index (χ0v) is 12.8. The smallest absolute Gasteiger partial charge is 0.150 e. The molecule has 1 aliphatic rings. The van der Waals surface area contributed by atoms with E-state index in [0.29, 0.717) is 11.8 Å². The average Bonchev–Trinajstić information content (AvgIpc) is 2.82. The summed E-state index contributed by atoms with van der Waals surface area (Å²) < 4.78 is 22.9. The van der Waals surface area contributed by atoms with Gasteiger partial charge in [-0.05, 0) is 31.7 Å². The lowest BCUT2D eigenvalue weighted by Gasteiger charge is -2.21. The van der Waals surface area contributed by atoms with Crippen LogP contribution in [0.1, 0.15) is 58.8 Å². The predicted octanol–water partition coefficient (Wildman–Crippen LogP) is 2.76. The van der Waals surface area contributed by atoms with Gasteiger partial charge in [-0.3, -0.25) is 0 Å². The molecule has 1 rings (SSSR count). The monoisotopic (exact) mass is 275 g/mol. The van der Waals surface area contributed by atoms with Gasteiger partial charge in [0.05, 0.1) is 5.75 Å². The molecule has 0 aromatic rings. The standard InChI is InChI=1S/C14H29NO2S/c1-3-15-14(12-13-8-5-6-9-13)10-7-11-18(16,17)4-2/h13-15H,3-12H2,1-2H3. The lowest BCUT2D eigenvalue weighted by molar-refractivity contribution is 0.374. The molecule has 1 saturated carbocycles. The fourth-order valence-electron chi connectivity index (χ4n) is 2.93. The minimum absolute atomic E-state index is 0.279. The van der Waals surface area contributed by atoms with E-state index >= 15 is 0 Å². The van der Waals surface area contributed by atoms with Crippen LogP contribution in [0.15, 0.2) is 0 Å². The molecule has 18 heavy (non-hydrogen) atoms. The Morgan fingerprint density at radius 2 is 1.89 bits per heavy atom. The van der Waals surface area contributed by atoms with Crippen LogP contribution >= 0.6 is 0 Å². The number of rotatable bonds is 9. The Morgan fingerprint density at radius 1 is 1.22 bits per heavy atom. The van der Waals surface area contributed by atoms with Crippen LogP contribution in [0.25, 0.3) is 0 Å². The van der Waals surface area contributed by atoms with Crippen molar-refractivity contribution in [2.45, 2.75) is 64.8 Å². The molecule has 1 fully saturated rings. The number of hydrogen-bond donors (Lipinski definition) is 1. The van der Waals surface area contributed by atoms with Gasteiger partial charge in [-0.25, -0.2) is 8.42 Å². The lowest BCUT2D eigenvalue weighted by Crippen LogP contribution is -2.31. The van der Waals surface area contributed by atoms with Crippen LogP contribution in [0.4, 0.5) is 0 Å². The molecule has 1 aliphatic carbocycles. The molecule has 0 aliphatic heterocycles. The third kappa shape index (κ3) is 6.19. The quantitative estimate of drug-likeness (QED) is 0.704. The highest BCUT2D eigenvalue weighted by molar-refractivity contribution is 7.91. The third-order valence-electron chi connectivity index (χ3n) is 4.03. The number of sulfone groups is 1. The van der Waals surface area contributed by atoms with Gasteiger partial charge in [-0.15, -0.1) is 0 Å². The van der Waals surface area contributed by atoms with E-state index in [2.05, 4.69) is 12.2 Å². The summed E-state index contributed by atoms with van der Waals surface area (Å²) in [5.74, 6) is 1.51. The van der Waals surface area contributed by atoms with Crippen molar-refractivity contribution < 1.29 is 8.42 Å². The van der Waals surface area contributed by atoms with Crippen molar-refractivity contribution in [3.05, 3.63) is 0 Å². The minimum Gasteiger partial charge on any atom is -0.314 e. The number of nitrogens with one attached hydrogen (secondary N) is 1. The first-order valence-electron chi connectivity index (χ1n) is 7.51. The summed E-state index contributed by atoms with van der Waals surface area (Å²) >= 11 is 0. The molecule has 1 N–H and O–H groups in total. The van der Waals surface area contributed by atoms with Crippen LogP contribution in [-0.2, 0) is 9.84 Å². The fraction of sp³-hybridized carbons (Fsp3) is 1.00. The molecule has 0 radical (unpaired) electrons. The molecule has 0 heterocycles. The van der Waals surface area contributed by atoms with Crippen molar-refractivity contribution in [3.63, 3.8) is 0 Å². The van der Waals surface area contributed by atoms with Gasteiger partial charge < -0.3 is 5.32 Å². The fourth-order valence-corrected chi connectivity index (χ4v) is 3.83. The molecule has 0 bridgehead atoms. The van der Waals surface area contributed by atoms with Gasteiger partial charge in [0.1, 0.15) is 9.84 Å². The normalized spacial score (nSPS) is 19.2. The maximum absolute atomic E-state index is 11.5. The van der Waals surface area contributed by atoms with Crippen LogP contribution in [0, 0.1) is 5.92 Å². The van der Waals surface area contributed by atoms with Gasteiger partial charge in [0.15, 0.2) is 0 Å². The highest BCUT2D eigenvalue weighted by Crippen LogP contribution is 2.29. The number of hydrogen-bond acceptors (Lipinski definition) is 3.